The van der Waals surface area contributed by atoms with Gasteiger partial charge in [0.2, 0.25) is 9.84 Å². The maximum Gasteiger partial charge on any atom is 0.341 e. The van der Waals surface area contributed by atoms with Gasteiger partial charge in [0.05, 0.1) is 10.6 Å². The first-order valence-electron chi connectivity index (χ1n) is 4.55. The van der Waals surface area contributed by atoms with E-state index in [1.807, 2.05) is 0 Å². The molecule has 0 saturated heterocycles. The van der Waals surface area contributed by atoms with Gasteiger partial charge in [0.1, 0.15) is 0 Å². The third kappa shape index (κ3) is 2.67. The zero-order valence-electron chi connectivity index (χ0n) is 8.36. The molecule has 0 bridgehead atoms. The van der Waals surface area contributed by atoms with E-state index in [2.05, 4.69) is 5.32 Å². The van der Waals surface area contributed by atoms with Crippen molar-refractivity contribution < 1.29 is 17.2 Å². The fourth-order valence-electron chi connectivity index (χ4n) is 1.16. The third-order valence-electron chi connectivity index (χ3n) is 1.89. The Kier molecular flexibility index (Phi) is 4.19. The lowest BCUT2D eigenvalue weighted by Crippen LogP contribution is -2.17. The molecule has 0 spiro atoms. The molecular formula is C9H12F2N2O2S. The molecule has 0 saturated carbocycles. The number of sulfone groups is 1. The molecule has 0 aliphatic heterocycles. The molecule has 0 heterocycles. The number of nitrogens with two attached hydrogens (primary N) is 1. The number of rotatable bonds is 5. The molecule has 90 valence electrons. The Labute approximate surface area is 92.4 Å². The first-order valence-corrected chi connectivity index (χ1v) is 6.10. The predicted octanol–water partition coefficient (Wildman–Crippen LogP) is 1.05. The Bertz CT molecular complexity index is 449. The number of benzene rings is 1. The monoisotopic (exact) mass is 250 g/mol. The summed E-state index contributed by atoms with van der Waals surface area (Å²) < 4.78 is 47.3. The summed E-state index contributed by atoms with van der Waals surface area (Å²) >= 11 is 0. The highest BCUT2D eigenvalue weighted by molar-refractivity contribution is 7.91. The topological polar surface area (TPSA) is 72.2 Å². The minimum Gasteiger partial charge on any atom is -0.383 e. The van der Waals surface area contributed by atoms with Gasteiger partial charge >= 0.3 is 5.76 Å². The average Bonchev–Trinajstić information content (AvgIpc) is 2.26. The second-order valence-electron chi connectivity index (χ2n) is 3.02. The maximum atomic E-state index is 12.4. The number of anilines is 1. The lowest BCUT2D eigenvalue weighted by molar-refractivity contribution is 0.235. The third-order valence-corrected chi connectivity index (χ3v) is 3.33. The molecule has 0 atom stereocenters. The normalized spacial score (nSPS) is 11.8. The van der Waals surface area contributed by atoms with E-state index >= 15 is 0 Å². The van der Waals surface area contributed by atoms with Crippen LogP contribution >= 0.6 is 0 Å². The molecule has 1 rings (SSSR count). The van der Waals surface area contributed by atoms with Gasteiger partial charge in [-0.1, -0.05) is 12.1 Å². The van der Waals surface area contributed by atoms with Crippen molar-refractivity contribution in [2.45, 2.75) is 10.7 Å². The molecule has 3 N–H and O–H groups in total. The first-order chi connectivity index (χ1) is 7.50. The highest BCUT2D eigenvalue weighted by Crippen LogP contribution is 2.25. The molecule has 0 aliphatic rings. The summed E-state index contributed by atoms with van der Waals surface area (Å²) in [6.07, 6.45) is 0. The summed E-state index contributed by atoms with van der Waals surface area (Å²) in [6, 6.07) is 5.51. The van der Waals surface area contributed by atoms with Crippen LogP contribution < -0.4 is 11.1 Å². The van der Waals surface area contributed by atoms with E-state index in [0.717, 1.165) is 6.07 Å². The Morgan fingerprint density at radius 1 is 1.31 bits per heavy atom. The minimum atomic E-state index is -4.57. The molecule has 1 aromatic carbocycles. The van der Waals surface area contributed by atoms with Gasteiger partial charge in [-0.15, -0.1) is 0 Å². The molecule has 0 radical (unpaired) electrons. The average molecular weight is 250 g/mol. The van der Waals surface area contributed by atoms with Crippen LogP contribution in [0.25, 0.3) is 0 Å². The lowest BCUT2D eigenvalue weighted by atomic mass is 10.3. The summed E-state index contributed by atoms with van der Waals surface area (Å²) in [5.74, 6) is -3.42. The zero-order chi connectivity index (χ0) is 12.2. The van der Waals surface area contributed by atoms with Gasteiger partial charge in [0.25, 0.3) is 0 Å². The van der Waals surface area contributed by atoms with E-state index in [0.29, 0.717) is 6.54 Å². The quantitative estimate of drug-likeness (QED) is 0.819. The van der Waals surface area contributed by atoms with Crippen LogP contribution in [-0.2, 0) is 9.84 Å². The van der Waals surface area contributed by atoms with Crippen molar-refractivity contribution in [2.24, 2.45) is 5.73 Å². The van der Waals surface area contributed by atoms with E-state index in [4.69, 9.17) is 5.73 Å². The largest absolute Gasteiger partial charge is 0.383 e. The summed E-state index contributed by atoms with van der Waals surface area (Å²) in [5, 5.41) is 2.69. The highest BCUT2D eigenvalue weighted by atomic mass is 32.2. The van der Waals surface area contributed by atoms with Crippen LogP contribution in [0.15, 0.2) is 29.2 Å². The van der Waals surface area contributed by atoms with Crippen molar-refractivity contribution in [3.8, 4) is 0 Å². The fourth-order valence-corrected chi connectivity index (χ4v) is 2.07. The van der Waals surface area contributed by atoms with Crippen LogP contribution in [0, 0.1) is 0 Å². The first kappa shape index (κ1) is 12.9. The Morgan fingerprint density at radius 3 is 2.50 bits per heavy atom. The van der Waals surface area contributed by atoms with Crippen LogP contribution in [0.4, 0.5) is 14.5 Å². The second kappa shape index (κ2) is 5.22. The van der Waals surface area contributed by atoms with Crippen LogP contribution in [0.1, 0.15) is 0 Å². The van der Waals surface area contributed by atoms with Gasteiger partial charge < -0.3 is 11.1 Å². The van der Waals surface area contributed by atoms with E-state index in [-0.39, 0.29) is 12.2 Å². The SMILES string of the molecule is NCCNc1ccccc1S(=O)(=O)C(F)F. The molecule has 0 aromatic heterocycles. The van der Waals surface area contributed by atoms with Gasteiger partial charge in [-0.05, 0) is 12.1 Å². The van der Waals surface area contributed by atoms with Gasteiger partial charge in [-0.3, -0.25) is 0 Å². The van der Waals surface area contributed by atoms with Crippen LogP contribution in [0.5, 0.6) is 0 Å². The summed E-state index contributed by atoms with van der Waals surface area (Å²) in [7, 11) is -4.57. The molecular weight excluding hydrogens is 238 g/mol. The van der Waals surface area contributed by atoms with Gasteiger partial charge in [0.15, 0.2) is 0 Å². The van der Waals surface area contributed by atoms with Gasteiger partial charge in [0, 0.05) is 13.1 Å². The zero-order valence-corrected chi connectivity index (χ0v) is 9.18. The summed E-state index contributed by atoms with van der Waals surface area (Å²) in [4.78, 5) is -0.404. The maximum absolute atomic E-state index is 12.4. The summed E-state index contributed by atoms with van der Waals surface area (Å²) in [5.41, 5.74) is 5.38. The molecule has 4 nitrogen and oxygen atoms in total. The highest BCUT2D eigenvalue weighted by Gasteiger charge is 2.28. The number of hydrogen-bond donors (Lipinski definition) is 2. The standard InChI is InChI=1S/C9H12F2N2O2S/c10-9(11)16(14,15)8-4-2-1-3-7(8)13-6-5-12/h1-4,9,13H,5-6,12H2. The predicted molar refractivity (Wildman–Crippen MR) is 57.2 cm³/mol. The number of alkyl halides is 2. The molecule has 0 fully saturated rings. The van der Waals surface area contributed by atoms with Crippen molar-refractivity contribution in [1.82, 2.24) is 0 Å². The van der Waals surface area contributed by atoms with E-state index in [9.17, 15) is 17.2 Å². The molecule has 16 heavy (non-hydrogen) atoms. The van der Waals surface area contributed by atoms with Crippen molar-refractivity contribution in [3.63, 3.8) is 0 Å². The van der Waals surface area contributed by atoms with Gasteiger partial charge in [-0.2, -0.15) is 8.78 Å². The van der Waals surface area contributed by atoms with Crippen LogP contribution in [-0.4, -0.2) is 27.3 Å². The molecule has 1 aromatic rings. The minimum absolute atomic E-state index is 0.147. The Balaban J connectivity index is 3.13. The number of hydrogen-bond acceptors (Lipinski definition) is 4. The van der Waals surface area contributed by atoms with Crippen molar-refractivity contribution in [1.29, 1.82) is 0 Å². The van der Waals surface area contributed by atoms with E-state index < -0.39 is 20.5 Å². The molecule has 0 amide bonds. The van der Waals surface area contributed by atoms with Crippen LogP contribution in [0.3, 0.4) is 0 Å². The smallest absolute Gasteiger partial charge is 0.341 e. The van der Waals surface area contributed by atoms with Crippen molar-refractivity contribution in [2.75, 3.05) is 18.4 Å². The van der Waals surface area contributed by atoms with E-state index in [1.165, 1.54) is 12.1 Å². The second-order valence-corrected chi connectivity index (χ2v) is 4.90. The molecule has 7 heteroatoms. The van der Waals surface area contributed by atoms with E-state index in [1.54, 1.807) is 6.07 Å². The number of para-hydroxylation sites is 1. The number of nitrogens with one attached hydrogen (secondary N) is 1. The van der Waals surface area contributed by atoms with Crippen LogP contribution in [0.2, 0.25) is 0 Å². The molecule has 0 aliphatic carbocycles. The van der Waals surface area contributed by atoms with Crippen molar-refractivity contribution in [3.05, 3.63) is 24.3 Å². The van der Waals surface area contributed by atoms with Gasteiger partial charge in [-0.25, -0.2) is 8.42 Å². The number of halogens is 2. The Hall–Kier alpha value is -1.21. The fraction of sp³-hybridized carbons (Fsp3) is 0.333. The molecule has 0 unspecified atom stereocenters. The van der Waals surface area contributed by atoms with Crippen molar-refractivity contribution >= 4 is 15.5 Å². The lowest BCUT2D eigenvalue weighted by Gasteiger charge is -2.11. The summed E-state index contributed by atoms with van der Waals surface area (Å²) in [6.45, 7) is 0.596. The Morgan fingerprint density at radius 2 is 1.94 bits per heavy atom.